The number of sulfone groups is 1. The van der Waals surface area contributed by atoms with Crippen LogP contribution in [0.25, 0.3) is 0 Å². The average Bonchev–Trinajstić information content (AvgIpc) is 2.60. The van der Waals surface area contributed by atoms with Crippen LogP contribution in [0.5, 0.6) is 0 Å². The van der Waals surface area contributed by atoms with Crippen LogP contribution >= 0.6 is 0 Å². The summed E-state index contributed by atoms with van der Waals surface area (Å²) in [4.78, 5) is 13.9. The van der Waals surface area contributed by atoms with Gasteiger partial charge in [0.1, 0.15) is 0 Å². The van der Waals surface area contributed by atoms with Crippen molar-refractivity contribution in [3.8, 4) is 0 Å². The second kappa shape index (κ2) is 6.78. The lowest BCUT2D eigenvalue weighted by atomic mass is 9.75. The monoisotopic (exact) mass is 357 g/mol. The minimum absolute atomic E-state index is 0.153. The molecule has 2 aliphatic rings. The number of hydrogen-bond donors (Lipinski definition) is 0. The Labute approximate surface area is 140 Å². The zero-order valence-corrected chi connectivity index (χ0v) is 14.1. The van der Waals surface area contributed by atoms with E-state index in [1.165, 1.54) is 31.4 Å². The predicted octanol–water partition coefficient (Wildman–Crippen LogP) is 3.34. The van der Waals surface area contributed by atoms with Crippen LogP contribution in [-0.2, 0) is 9.84 Å². The van der Waals surface area contributed by atoms with Crippen molar-refractivity contribution < 1.29 is 22.0 Å². The first-order valence-electron chi connectivity index (χ1n) is 8.31. The number of piperidine rings is 1. The number of rotatable bonds is 3. The van der Waals surface area contributed by atoms with E-state index in [9.17, 15) is 22.0 Å². The summed E-state index contributed by atoms with van der Waals surface area (Å²) in [5.41, 5.74) is 0.345. The van der Waals surface area contributed by atoms with Crippen molar-refractivity contribution in [2.24, 2.45) is 11.8 Å². The summed E-state index contributed by atoms with van der Waals surface area (Å²) < 4.78 is 47.9. The Kier molecular flexibility index (Phi) is 4.90. The molecule has 1 aliphatic carbocycles. The molecule has 1 heterocycles. The highest BCUT2D eigenvalue weighted by Gasteiger charge is 2.33. The number of benzene rings is 1. The molecule has 0 unspecified atom stereocenters. The van der Waals surface area contributed by atoms with Gasteiger partial charge in [-0.25, -0.2) is 8.42 Å². The molecule has 24 heavy (non-hydrogen) atoms. The molecule has 0 radical (unpaired) electrons. The molecule has 2 fully saturated rings. The number of alkyl halides is 2. The Morgan fingerprint density at radius 3 is 2.29 bits per heavy atom. The fourth-order valence-electron chi connectivity index (χ4n) is 3.86. The minimum Gasteiger partial charge on any atom is -0.338 e. The van der Waals surface area contributed by atoms with Gasteiger partial charge >= 0.3 is 5.76 Å². The molecule has 132 valence electrons. The maximum absolute atomic E-state index is 12.6. The number of carbonyl (C=O) groups excluding carboxylic acids is 1. The maximum atomic E-state index is 12.6. The number of likely N-dealkylation sites (tertiary alicyclic amines) is 1. The molecule has 1 saturated carbocycles. The molecule has 4 nitrogen and oxygen atoms in total. The van der Waals surface area contributed by atoms with Gasteiger partial charge < -0.3 is 4.90 Å². The Morgan fingerprint density at radius 1 is 1.04 bits per heavy atom. The summed E-state index contributed by atoms with van der Waals surface area (Å²) in [7, 11) is -4.62. The average molecular weight is 357 g/mol. The van der Waals surface area contributed by atoms with E-state index in [1.54, 1.807) is 0 Å². The van der Waals surface area contributed by atoms with Crippen LogP contribution in [0.4, 0.5) is 8.78 Å². The van der Waals surface area contributed by atoms with Crippen LogP contribution in [-0.4, -0.2) is 38.1 Å². The molecule has 1 aliphatic heterocycles. The normalized spacial score (nSPS) is 24.7. The standard InChI is InChI=1S/C17H21F2NO3S/c18-17(19)24(22,23)15-7-5-13(6-8-15)16(21)20-10-9-12-3-1-2-4-14(12)11-20/h5-8,12,14,17H,1-4,9-11H2/t12-,14+/m0/s1. The quantitative estimate of drug-likeness (QED) is 0.834. The van der Waals surface area contributed by atoms with E-state index in [0.29, 0.717) is 23.9 Å². The number of nitrogens with zero attached hydrogens (tertiary/aromatic N) is 1. The smallest absolute Gasteiger partial charge is 0.338 e. The summed E-state index contributed by atoms with van der Waals surface area (Å²) in [6.45, 7) is 1.44. The van der Waals surface area contributed by atoms with Crippen molar-refractivity contribution in [1.82, 2.24) is 4.90 Å². The van der Waals surface area contributed by atoms with Gasteiger partial charge in [0.05, 0.1) is 4.90 Å². The zero-order valence-electron chi connectivity index (χ0n) is 13.3. The second-order valence-electron chi connectivity index (χ2n) is 6.67. The number of carbonyl (C=O) groups is 1. The summed E-state index contributed by atoms with van der Waals surface area (Å²) in [6.07, 6.45) is 5.89. The van der Waals surface area contributed by atoms with Gasteiger partial charge in [0.25, 0.3) is 5.91 Å². The molecule has 1 amide bonds. The van der Waals surface area contributed by atoms with Crippen LogP contribution in [0.15, 0.2) is 29.2 Å². The first kappa shape index (κ1) is 17.3. The zero-order chi connectivity index (χ0) is 17.3. The van der Waals surface area contributed by atoms with Crippen molar-refractivity contribution in [2.75, 3.05) is 13.1 Å². The molecule has 3 rings (SSSR count). The molecule has 1 saturated heterocycles. The maximum Gasteiger partial charge on any atom is 0.341 e. The number of halogens is 2. The third kappa shape index (κ3) is 3.31. The SMILES string of the molecule is O=C(c1ccc(S(=O)(=O)C(F)F)cc1)N1CC[C@@H]2CCCC[C@@H]2C1. The highest BCUT2D eigenvalue weighted by Crippen LogP contribution is 2.36. The van der Waals surface area contributed by atoms with Gasteiger partial charge in [-0.1, -0.05) is 19.3 Å². The first-order valence-corrected chi connectivity index (χ1v) is 9.85. The highest BCUT2D eigenvalue weighted by molar-refractivity contribution is 7.91. The van der Waals surface area contributed by atoms with Crippen LogP contribution in [0.1, 0.15) is 42.5 Å². The van der Waals surface area contributed by atoms with Crippen LogP contribution in [0, 0.1) is 11.8 Å². The number of amides is 1. The lowest BCUT2D eigenvalue weighted by Crippen LogP contribution is -2.44. The summed E-state index contributed by atoms with van der Waals surface area (Å²) in [5.74, 6) is -2.35. The second-order valence-corrected chi connectivity index (χ2v) is 8.59. The minimum atomic E-state index is -4.62. The third-order valence-electron chi connectivity index (χ3n) is 5.24. The highest BCUT2D eigenvalue weighted by atomic mass is 32.2. The molecule has 0 bridgehead atoms. The predicted molar refractivity (Wildman–Crippen MR) is 85.6 cm³/mol. The van der Waals surface area contributed by atoms with Crippen LogP contribution < -0.4 is 0 Å². The van der Waals surface area contributed by atoms with Gasteiger partial charge in [0, 0.05) is 18.7 Å². The Bertz CT molecular complexity index is 703. The van der Waals surface area contributed by atoms with E-state index in [4.69, 9.17) is 0 Å². The van der Waals surface area contributed by atoms with Crippen molar-refractivity contribution in [3.63, 3.8) is 0 Å². The first-order chi connectivity index (χ1) is 11.4. The van der Waals surface area contributed by atoms with Gasteiger partial charge in [0.2, 0.25) is 9.84 Å². The van der Waals surface area contributed by atoms with Gasteiger partial charge in [0.15, 0.2) is 0 Å². The van der Waals surface area contributed by atoms with Crippen LogP contribution in [0.3, 0.4) is 0 Å². The third-order valence-corrected chi connectivity index (χ3v) is 6.64. The number of hydrogen-bond acceptors (Lipinski definition) is 3. The van der Waals surface area contributed by atoms with E-state index < -0.39 is 20.5 Å². The lowest BCUT2D eigenvalue weighted by molar-refractivity contribution is 0.0521. The van der Waals surface area contributed by atoms with Gasteiger partial charge in [-0.3, -0.25) is 4.79 Å². The summed E-state index contributed by atoms with van der Waals surface area (Å²) in [6, 6.07) is 4.82. The Hall–Kier alpha value is -1.50. The molecule has 0 spiro atoms. The van der Waals surface area contributed by atoms with Crippen LogP contribution in [0.2, 0.25) is 0 Å². The number of fused-ring (bicyclic) bond motifs is 1. The largest absolute Gasteiger partial charge is 0.341 e. The van der Waals surface area contributed by atoms with E-state index in [-0.39, 0.29) is 5.91 Å². The molecule has 0 N–H and O–H groups in total. The Morgan fingerprint density at radius 2 is 1.67 bits per heavy atom. The lowest BCUT2D eigenvalue weighted by Gasteiger charge is -2.41. The van der Waals surface area contributed by atoms with Gasteiger partial charge in [-0.15, -0.1) is 0 Å². The van der Waals surface area contributed by atoms with E-state index in [1.807, 2.05) is 4.90 Å². The molecular weight excluding hydrogens is 336 g/mol. The van der Waals surface area contributed by atoms with E-state index in [2.05, 4.69) is 0 Å². The van der Waals surface area contributed by atoms with Crippen molar-refractivity contribution in [2.45, 2.75) is 42.8 Å². The van der Waals surface area contributed by atoms with Gasteiger partial charge in [-0.05, 0) is 48.9 Å². The molecular formula is C17H21F2NO3S. The van der Waals surface area contributed by atoms with Gasteiger partial charge in [-0.2, -0.15) is 8.78 Å². The van der Waals surface area contributed by atoms with Crippen molar-refractivity contribution >= 4 is 15.7 Å². The Balaban J connectivity index is 1.71. The molecule has 1 aromatic carbocycles. The molecule has 2 atom stereocenters. The fraction of sp³-hybridized carbons (Fsp3) is 0.588. The summed E-state index contributed by atoms with van der Waals surface area (Å²) in [5, 5.41) is 0. The molecule has 7 heteroatoms. The topological polar surface area (TPSA) is 54.5 Å². The van der Waals surface area contributed by atoms with E-state index in [0.717, 1.165) is 31.5 Å². The van der Waals surface area contributed by atoms with Crippen molar-refractivity contribution in [1.29, 1.82) is 0 Å². The fourth-order valence-corrected chi connectivity index (χ4v) is 4.58. The molecule has 0 aromatic heterocycles. The summed E-state index contributed by atoms with van der Waals surface area (Å²) >= 11 is 0. The molecule has 1 aromatic rings. The van der Waals surface area contributed by atoms with E-state index >= 15 is 0 Å². The van der Waals surface area contributed by atoms with Crippen molar-refractivity contribution in [3.05, 3.63) is 29.8 Å².